The smallest absolute Gasteiger partial charge is 0.358 e. The highest BCUT2D eigenvalue weighted by Gasteiger charge is 2.18. The third-order valence-corrected chi connectivity index (χ3v) is 2.89. The Labute approximate surface area is 129 Å². The number of nitrogens with one attached hydrogen (secondary N) is 2. The topological polar surface area (TPSA) is 146 Å². The fraction of sp³-hybridized carbons (Fsp3) is 0.455. The van der Waals surface area contributed by atoms with Crippen LogP contribution < -0.4 is 5.32 Å². The highest BCUT2D eigenvalue weighted by atomic mass is 32.2. The van der Waals surface area contributed by atoms with Gasteiger partial charge in [0.05, 0.1) is 12.9 Å². The molecular formula is C11H15N5O5S. The van der Waals surface area contributed by atoms with E-state index >= 15 is 0 Å². The first-order valence-corrected chi connectivity index (χ1v) is 7.13. The van der Waals surface area contributed by atoms with Gasteiger partial charge in [-0.15, -0.1) is 9.63 Å². The molecule has 120 valence electrons. The molecule has 22 heavy (non-hydrogen) atoms. The fourth-order valence-electron chi connectivity index (χ4n) is 1.31. The number of rotatable bonds is 8. The summed E-state index contributed by atoms with van der Waals surface area (Å²) in [5.74, 6) is -2.22. The van der Waals surface area contributed by atoms with Crippen LogP contribution in [0.4, 0.5) is 5.82 Å². The number of imidazole rings is 1. The van der Waals surface area contributed by atoms with Crippen molar-refractivity contribution >= 4 is 35.6 Å². The van der Waals surface area contributed by atoms with E-state index in [1.54, 1.807) is 6.92 Å². The molecule has 0 aromatic carbocycles. The lowest BCUT2D eigenvalue weighted by Gasteiger charge is -2.10. The zero-order valence-corrected chi connectivity index (χ0v) is 12.7. The van der Waals surface area contributed by atoms with Crippen molar-refractivity contribution in [1.29, 1.82) is 0 Å². The Hall–Kier alpha value is -2.43. The van der Waals surface area contributed by atoms with Gasteiger partial charge < -0.3 is 20.1 Å². The van der Waals surface area contributed by atoms with Crippen molar-refractivity contribution < 1.29 is 24.2 Å². The van der Waals surface area contributed by atoms with Gasteiger partial charge in [0.1, 0.15) is 6.04 Å². The normalized spacial score (nSPS) is 12.1. The lowest BCUT2D eigenvalue weighted by Crippen LogP contribution is -2.41. The van der Waals surface area contributed by atoms with Crippen LogP contribution in [-0.2, 0) is 14.3 Å². The summed E-state index contributed by atoms with van der Waals surface area (Å²) in [6.07, 6.45) is 1.27. The van der Waals surface area contributed by atoms with E-state index in [2.05, 4.69) is 24.9 Å². The number of H-pyrrole nitrogens is 1. The van der Waals surface area contributed by atoms with Gasteiger partial charge in [0, 0.05) is 24.6 Å². The number of amides is 1. The van der Waals surface area contributed by atoms with Crippen molar-refractivity contribution in [1.82, 2.24) is 15.3 Å². The Morgan fingerprint density at radius 3 is 2.86 bits per heavy atom. The van der Waals surface area contributed by atoms with E-state index in [1.807, 2.05) is 0 Å². The molecule has 0 saturated carbocycles. The fourth-order valence-corrected chi connectivity index (χ4v) is 1.89. The number of carboxylic acids is 1. The summed E-state index contributed by atoms with van der Waals surface area (Å²) in [4.78, 5) is 39.7. The van der Waals surface area contributed by atoms with E-state index in [9.17, 15) is 14.4 Å². The number of hydrogen-bond donors (Lipinski definition) is 3. The monoisotopic (exact) mass is 329 g/mol. The van der Waals surface area contributed by atoms with Gasteiger partial charge >= 0.3 is 11.9 Å². The number of aromatic nitrogens is 2. The number of carboxylic acid groups (broad SMARTS) is 1. The summed E-state index contributed by atoms with van der Waals surface area (Å²) in [6, 6.07) is -1.08. The van der Waals surface area contributed by atoms with Crippen molar-refractivity contribution in [3.8, 4) is 0 Å². The Balaban J connectivity index is 2.59. The molecule has 0 saturated heterocycles. The average molecular weight is 329 g/mol. The SMILES string of the molecule is CCOC(=O)c1[nH]cnc1N=NSCC(NC(C)=O)C(=O)O. The molecule has 1 unspecified atom stereocenters. The summed E-state index contributed by atoms with van der Waals surface area (Å²) in [7, 11) is 0. The number of aliphatic carboxylic acids is 1. The highest BCUT2D eigenvalue weighted by molar-refractivity contribution is 7.97. The van der Waals surface area contributed by atoms with Crippen LogP contribution in [-0.4, -0.2) is 51.3 Å². The van der Waals surface area contributed by atoms with Gasteiger partial charge in [0.25, 0.3) is 0 Å². The maximum absolute atomic E-state index is 11.6. The van der Waals surface area contributed by atoms with Gasteiger partial charge in [-0.3, -0.25) is 4.79 Å². The third kappa shape index (κ3) is 5.52. The van der Waals surface area contributed by atoms with Crippen LogP contribution >= 0.6 is 11.9 Å². The van der Waals surface area contributed by atoms with Crippen LogP contribution in [0, 0.1) is 0 Å². The molecule has 0 spiro atoms. The first-order valence-electron chi connectivity index (χ1n) is 6.19. The standard InChI is InChI=1S/C11H15N5O5S/c1-3-21-11(20)8-9(13-5-12-8)15-16-22-4-7(10(18)19)14-6(2)17/h5,7H,3-4H2,1-2H3,(H,12,13)(H,14,17)(H,18,19). The summed E-state index contributed by atoms with van der Waals surface area (Å²) in [6.45, 7) is 3.09. The van der Waals surface area contributed by atoms with Crippen LogP contribution in [0.1, 0.15) is 24.3 Å². The second-order valence-electron chi connectivity index (χ2n) is 3.89. The molecular weight excluding hydrogens is 314 g/mol. The van der Waals surface area contributed by atoms with Crippen molar-refractivity contribution in [3.05, 3.63) is 12.0 Å². The lowest BCUT2D eigenvalue weighted by molar-refractivity contribution is -0.140. The van der Waals surface area contributed by atoms with Gasteiger partial charge in [-0.05, 0) is 6.92 Å². The van der Waals surface area contributed by atoms with Crippen molar-refractivity contribution in [2.45, 2.75) is 19.9 Å². The molecule has 10 nitrogen and oxygen atoms in total. The molecule has 1 rings (SSSR count). The Morgan fingerprint density at radius 2 is 2.27 bits per heavy atom. The quantitative estimate of drug-likeness (QED) is 0.365. The van der Waals surface area contributed by atoms with E-state index in [0.717, 1.165) is 11.9 Å². The molecule has 1 aromatic rings. The molecule has 0 fully saturated rings. The van der Waals surface area contributed by atoms with E-state index < -0.39 is 23.9 Å². The summed E-state index contributed by atoms with van der Waals surface area (Å²) >= 11 is 0.820. The summed E-state index contributed by atoms with van der Waals surface area (Å²) in [5.41, 5.74) is 0.0582. The number of aromatic amines is 1. The predicted octanol–water partition coefficient (Wildman–Crippen LogP) is 0.908. The maximum Gasteiger partial charge on any atom is 0.358 e. The molecule has 1 atom stereocenters. The first kappa shape index (κ1) is 17.6. The van der Waals surface area contributed by atoms with Crippen LogP contribution in [0.2, 0.25) is 0 Å². The van der Waals surface area contributed by atoms with Crippen molar-refractivity contribution in [2.75, 3.05) is 12.4 Å². The molecule has 0 radical (unpaired) electrons. The molecule has 0 bridgehead atoms. The number of nitrogens with zero attached hydrogens (tertiary/aromatic N) is 3. The van der Waals surface area contributed by atoms with Crippen molar-refractivity contribution in [2.24, 2.45) is 9.63 Å². The molecule has 11 heteroatoms. The van der Waals surface area contributed by atoms with Crippen LogP contribution in [0.3, 0.4) is 0 Å². The van der Waals surface area contributed by atoms with E-state index in [1.165, 1.54) is 13.3 Å². The second-order valence-corrected chi connectivity index (χ2v) is 4.65. The Morgan fingerprint density at radius 1 is 1.55 bits per heavy atom. The first-order chi connectivity index (χ1) is 10.5. The number of hydrogen-bond acceptors (Lipinski definition) is 8. The summed E-state index contributed by atoms with van der Waals surface area (Å²) < 4.78 is 8.49. The Bertz CT molecular complexity index is 573. The lowest BCUT2D eigenvalue weighted by atomic mass is 10.3. The third-order valence-electron chi connectivity index (χ3n) is 2.21. The second kappa shape index (κ2) is 8.77. The molecule has 0 aliphatic rings. The number of ether oxygens (including phenoxy) is 1. The van der Waals surface area contributed by atoms with E-state index in [4.69, 9.17) is 9.84 Å². The predicted molar refractivity (Wildman–Crippen MR) is 76.8 cm³/mol. The van der Waals surface area contributed by atoms with Crippen LogP contribution in [0.25, 0.3) is 0 Å². The van der Waals surface area contributed by atoms with Gasteiger partial charge in [-0.2, -0.15) is 0 Å². The molecule has 1 aromatic heterocycles. The molecule has 0 aliphatic carbocycles. The highest BCUT2D eigenvalue weighted by Crippen LogP contribution is 2.18. The van der Waals surface area contributed by atoms with Crippen molar-refractivity contribution in [3.63, 3.8) is 0 Å². The molecule has 3 N–H and O–H groups in total. The van der Waals surface area contributed by atoms with Gasteiger partial charge in [-0.25, -0.2) is 14.6 Å². The van der Waals surface area contributed by atoms with Crippen LogP contribution in [0.15, 0.2) is 16.0 Å². The average Bonchev–Trinajstić information content (AvgIpc) is 2.90. The molecule has 0 aliphatic heterocycles. The van der Waals surface area contributed by atoms with Crippen LogP contribution in [0.5, 0.6) is 0 Å². The molecule has 1 amide bonds. The van der Waals surface area contributed by atoms with Gasteiger partial charge in [-0.1, -0.05) is 0 Å². The van der Waals surface area contributed by atoms with Gasteiger partial charge in [0.2, 0.25) is 11.7 Å². The number of carbonyl (C=O) groups excluding carboxylic acids is 2. The molecule has 1 heterocycles. The minimum atomic E-state index is -1.18. The maximum atomic E-state index is 11.6. The number of esters is 1. The Kier molecular flexibility index (Phi) is 7.02. The van der Waals surface area contributed by atoms with E-state index in [-0.39, 0.29) is 23.9 Å². The van der Waals surface area contributed by atoms with E-state index in [0.29, 0.717) is 0 Å². The zero-order chi connectivity index (χ0) is 16.5. The minimum absolute atomic E-state index is 0.0163. The van der Waals surface area contributed by atoms with Gasteiger partial charge in [0.15, 0.2) is 5.69 Å². The largest absolute Gasteiger partial charge is 0.480 e. The zero-order valence-electron chi connectivity index (χ0n) is 11.9. The number of carbonyl (C=O) groups is 3. The minimum Gasteiger partial charge on any atom is -0.480 e. The summed E-state index contributed by atoms with van der Waals surface area (Å²) in [5, 5.41) is 14.9.